The predicted octanol–water partition coefficient (Wildman–Crippen LogP) is 1.12. The molecule has 1 atom stereocenters. The van der Waals surface area contributed by atoms with E-state index in [-0.39, 0.29) is 11.9 Å². The highest BCUT2D eigenvalue weighted by atomic mass is 16.5. The average Bonchev–Trinajstić information content (AvgIpc) is 2.22. The van der Waals surface area contributed by atoms with Crippen LogP contribution in [0.25, 0.3) is 0 Å². The van der Waals surface area contributed by atoms with E-state index in [1.165, 1.54) is 0 Å². The lowest BCUT2D eigenvalue weighted by molar-refractivity contribution is -0.125. The van der Waals surface area contributed by atoms with Crippen molar-refractivity contribution in [2.75, 3.05) is 33.9 Å². The van der Waals surface area contributed by atoms with Crippen molar-refractivity contribution >= 4 is 5.91 Å². The first-order valence-corrected chi connectivity index (χ1v) is 5.96. The zero-order valence-corrected chi connectivity index (χ0v) is 11.2. The zero-order chi connectivity index (χ0) is 12.6. The highest BCUT2D eigenvalue weighted by molar-refractivity contribution is 5.81. The third-order valence-electron chi connectivity index (χ3n) is 2.52. The van der Waals surface area contributed by atoms with Gasteiger partial charge in [-0.2, -0.15) is 0 Å². The number of hydrogen-bond donors (Lipinski definition) is 1. The molecule has 1 N–H and O–H groups in total. The molecule has 16 heavy (non-hydrogen) atoms. The second kappa shape index (κ2) is 8.53. The Labute approximate surface area is 99.3 Å². The van der Waals surface area contributed by atoms with Crippen LogP contribution in [0.5, 0.6) is 0 Å². The van der Waals surface area contributed by atoms with E-state index in [0.717, 1.165) is 13.0 Å². The molecule has 0 aromatic heterocycles. The van der Waals surface area contributed by atoms with Crippen molar-refractivity contribution < 1.29 is 9.53 Å². The van der Waals surface area contributed by atoms with E-state index in [4.69, 9.17) is 4.74 Å². The third kappa shape index (κ3) is 6.80. The summed E-state index contributed by atoms with van der Waals surface area (Å²) in [5.74, 6) is 0.674. The van der Waals surface area contributed by atoms with Crippen molar-refractivity contribution in [3.05, 3.63) is 0 Å². The fourth-order valence-corrected chi connectivity index (χ4v) is 1.51. The summed E-state index contributed by atoms with van der Waals surface area (Å²) in [6.45, 7) is 8.56. The molecule has 0 fully saturated rings. The molecule has 96 valence electrons. The van der Waals surface area contributed by atoms with Gasteiger partial charge in [-0.05, 0) is 26.3 Å². The van der Waals surface area contributed by atoms with Gasteiger partial charge >= 0.3 is 0 Å². The summed E-state index contributed by atoms with van der Waals surface area (Å²) in [4.78, 5) is 13.8. The van der Waals surface area contributed by atoms with Crippen LogP contribution < -0.4 is 5.32 Å². The Balaban J connectivity index is 3.79. The van der Waals surface area contributed by atoms with E-state index >= 15 is 0 Å². The molecule has 0 saturated carbocycles. The van der Waals surface area contributed by atoms with E-state index in [0.29, 0.717) is 19.1 Å². The first-order chi connectivity index (χ1) is 7.49. The molecule has 0 spiro atoms. The summed E-state index contributed by atoms with van der Waals surface area (Å²) in [6, 6.07) is -0.0649. The number of likely N-dealkylation sites (N-methyl/N-ethyl adjacent to an activating group) is 1. The number of ether oxygens (including phenoxy) is 1. The number of nitrogens with zero attached hydrogens (tertiary/aromatic N) is 1. The van der Waals surface area contributed by atoms with Gasteiger partial charge in [-0.1, -0.05) is 13.8 Å². The van der Waals surface area contributed by atoms with Gasteiger partial charge in [-0.3, -0.25) is 9.69 Å². The van der Waals surface area contributed by atoms with Crippen LogP contribution in [0.4, 0.5) is 0 Å². The van der Waals surface area contributed by atoms with Gasteiger partial charge in [0.15, 0.2) is 0 Å². The standard InChI is InChI=1S/C12H26N2O2/c1-10(2)9-14(4)11(3)12(15)13-7-6-8-16-5/h10-11H,6-9H2,1-5H3,(H,13,15)/t11-/m1/s1. The lowest BCUT2D eigenvalue weighted by Crippen LogP contribution is -2.44. The maximum atomic E-state index is 11.7. The van der Waals surface area contributed by atoms with Crippen LogP contribution in [0.3, 0.4) is 0 Å². The predicted molar refractivity (Wildman–Crippen MR) is 66.4 cm³/mol. The SMILES string of the molecule is COCCCNC(=O)[C@@H](C)N(C)CC(C)C. The number of methoxy groups -OCH3 is 1. The molecule has 0 rings (SSSR count). The number of hydrogen-bond acceptors (Lipinski definition) is 3. The Bertz CT molecular complexity index is 195. The summed E-state index contributed by atoms with van der Waals surface area (Å²) < 4.78 is 4.92. The minimum atomic E-state index is -0.0649. The smallest absolute Gasteiger partial charge is 0.237 e. The van der Waals surface area contributed by atoms with Crippen molar-refractivity contribution in [2.24, 2.45) is 5.92 Å². The molecule has 0 aliphatic heterocycles. The van der Waals surface area contributed by atoms with Gasteiger partial charge in [0.1, 0.15) is 0 Å². The molecule has 1 amide bonds. The number of carbonyl (C=O) groups is 1. The number of rotatable bonds is 8. The highest BCUT2D eigenvalue weighted by Gasteiger charge is 2.17. The normalized spacial score (nSPS) is 13.2. The lowest BCUT2D eigenvalue weighted by Gasteiger charge is -2.25. The van der Waals surface area contributed by atoms with Gasteiger partial charge in [0, 0.05) is 26.8 Å². The van der Waals surface area contributed by atoms with E-state index in [1.807, 2.05) is 14.0 Å². The van der Waals surface area contributed by atoms with Crippen LogP contribution in [0.2, 0.25) is 0 Å². The molecule has 0 heterocycles. The first-order valence-electron chi connectivity index (χ1n) is 5.96. The summed E-state index contributed by atoms with van der Waals surface area (Å²) in [6.07, 6.45) is 0.864. The lowest BCUT2D eigenvalue weighted by atomic mass is 10.2. The van der Waals surface area contributed by atoms with Gasteiger partial charge in [0.05, 0.1) is 6.04 Å². The molecule has 0 saturated heterocycles. The van der Waals surface area contributed by atoms with Crippen LogP contribution in [-0.2, 0) is 9.53 Å². The van der Waals surface area contributed by atoms with Gasteiger partial charge < -0.3 is 10.1 Å². The number of nitrogens with one attached hydrogen (secondary N) is 1. The summed E-state index contributed by atoms with van der Waals surface area (Å²) in [5.41, 5.74) is 0. The Morgan fingerprint density at radius 2 is 2.00 bits per heavy atom. The molecule has 0 aromatic rings. The maximum absolute atomic E-state index is 11.7. The fraction of sp³-hybridized carbons (Fsp3) is 0.917. The van der Waals surface area contributed by atoms with Crippen LogP contribution >= 0.6 is 0 Å². The van der Waals surface area contributed by atoms with Crippen molar-refractivity contribution in [1.82, 2.24) is 10.2 Å². The van der Waals surface area contributed by atoms with Crippen LogP contribution in [0.15, 0.2) is 0 Å². The van der Waals surface area contributed by atoms with Crippen LogP contribution in [0.1, 0.15) is 27.2 Å². The van der Waals surface area contributed by atoms with Gasteiger partial charge in [0.25, 0.3) is 0 Å². The van der Waals surface area contributed by atoms with Crippen LogP contribution in [0, 0.1) is 5.92 Å². The Morgan fingerprint density at radius 1 is 1.38 bits per heavy atom. The summed E-state index contributed by atoms with van der Waals surface area (Å²) in [5, 5.41) is 2.91. The molecule has 4 nitrogen and oxygen atoms in total. The quantitative estimate of drug-likeness (QED) is 0.635. The summed E-state index contributed by atoms with van der Waals surface area (Å²) >= 11 is 0. The second-order valence-electron chi connectivity index (χ2n) is 4.65. The molecule has 0 aliphatic carbocycles. The van der Waals surface area contributed by atoms with E-state index < -0.39 is 0 Å². The minimum Gasteiger partial charge on any atom is -0.385 e. The fourth-order valence-electron chi connectivity index (χ4n) is 1.51. The third-order valence-corrected chi connectivity index (χ3v) is 2.52. The summed E-state index contributed by atoms with van der Waals surface area (Å²) in [7, 11) is 3.65. The van der Waals surface area contributed by atoms with E-state index in [9.17, 15) is 4.79 Å². The maximum Gasteiger partial charge on any atom is 0.237 e. The zero-order valence-electron chi connectivity index (χ0n) is 11.2. The highest BCUT2D eigenvalue weighted by Crippen LogP contribution is 2.01. The Hall–Kier alpha value is -0.610. The van der Waals surface area contributed by atoms with Crippen LogP contribution in [-0.4, -0.2) is 50.7 Å². The van der Waals surface area contributed by atoms with Crippen molar-refractivity contribution in [2.45, 2.75) is 33.2 Å². The topological polar surface area (TPSA) is 41.6 Å². The van der Waals surface area contributed by atoms with Crippen molar-refractivity contribution in [3.63, 3.8) is 0 Å². The molecule has 4 heteroatoms. The van der Waals surface area contributed by atoms with Gasteiger partial charge in [0.2, 0.25) is 5.91 Å². The van der Waals surface area contributed by atoms with E-state index in [1.54, 1.807) is 7.11 Å². The number of amides is 1. The molecule has 0 unspecified atom stereocenters. The number of carbonyl (C=O) groups excluding carboxylic acids is 1. The van der Waals surface area contributed by atoms with Gasteiger partial charge in [-0.25, -0.2) is 0 Å². The Morgan fingerprint density at radius 3 is 2.50 bits per heavy atom. The first kappa shape index (κ1) is 15.4. The van der Waals surface area contributed by atoms with Crippen molar-refractivity contribution in [3.8, 4) is 0 Å². The van der Waals surface area contributed by atoms with Gasteiger partial charge in [-0.15, -0.1) is 0 Å². The molecular formula is C12H26N2O2. The molecule has 0 aliphatic rings. The Kier molecular flexibility index (Phi) is 8.21. The largest absolute Gasteiger partial charge is 0.385 e. The monoisotopic (exact) mass is 230 g/mol. The molecule has 0 radical (unpaired) electrons. The molecule has 0 aromatic carbocycles. The van der Waals surface area contributed by atoms with Crippen molar-refractivity contribution in [1.29, 1.82) is 0 Å². The average molecular weight is 230 g/mol. The molecular weight excluding hydrogens is 204 g/mol. The molecule has 0 bridgehead atoms. The van der Waals surface area contributed by atoms with E-state index in [2.05, 4.69) is 24.1 Å². The minimum absolute atomic E-state index is 0.0649. The second-order valence-corrected chi connectivity index (χ2v) is 4.65.